The molecule has 7 atom stereocenters. The third-order valence-corrected chi connectivity index (χ3v) is 15.0. The van der Waals surface area contributed by atoms with Crippen molar-refractivity contribution in [2.45, 2.75) is 326 Å². The number of amides is 1. The smallest absolute Gasteiger partial charge is 0.220 e. The van der Waals surface area contributed by atoms with Gasteiger partial charge in [0.25, 0.3) is 0 Å². The maximum Gasteiger partial charge on any atom is 0.220 e. The lowest BCUT2D eigenvalue weighted by Crippen LogP contribution is -2.60. The van der Waals surface area contributed by atoms with Gasteiger partial charge in [-0.25, -0.2) is 0 Å². The van der Waals surface area contributed by atoms with Gasteiger partial charge >= 0.3 is 0 Å². The molecule has 9 nitrogen and oxygen atoms in total. The first kappa shape index (κ1) is 72.4. The number of hydrogen-bond donors (Lipinski definition) is 6. The monoisotopic (exact) mass is 1080 g/mol. The second-order valence-corrected chi connectivity index (χ2v) is 22.2. The summed E-state index contributed by atoms with van der Waals surface area (Å²) >= 11 is 0. The molecular weight excluding hydrogens is 959 g/mol. The Bertz CT molecular complexity index is 1490. The molecule has 0 saturated carbocycles. The number of aliphatic hydroxyl groups is 5. The van der Waals surface area contributed by atoms with Crippen LogP contribution in [0.3, 0.4) is 0 Å². The van der Waals surface area contributed by atoms with Gasteiger partial charge in [0.2, 0.25) is 5.91 Å². The zero-order valence-corrected chi connectivity index (χ0v) is 49.7. The molecule has 0 aromatic carbocycles. The van der Waals surface area contributed by atoms with E-state index < -0.39 is 49.5 Å². The topological polar surface area (TPSA) is 149 Å². The summed E-state index contributed by atoms with van der Waals surface area (Å²) in [4.78, 5) is 13.1. The van der Waals surface area contributed by atoms with Crippen LogP contribution >= 0.6 is 0 Å². The number of unbranched alkanes of at least 4 members (excludes halogenated alkanes) is 33. The van der Waals surface area contributed by atoms with Crippen molar-refractivity contribution in [2.24, 2.45) is 0 Å². The number of aliphatic hydroxyl groups excluding tert-OH is 5. The second kappa shape index (κ2) is 56.6. The van der Waals surface area contributed by atoms with Crippen LogP contribution in [0.5, 0.6) is 0 Å². The maximum absolute atomic E-state index is 13.1. The molecule has 1 aliphatic heterocycles. The van der Waals surface area contributed by atoms with E-state index in [2.05, 4.69) is 92.1 Å². The standard InChI is InChI=1S/C68H121NO8/c1-3-5-7-9-11-13-15-17-19-21-23-25-27-28-29-30-31-32-33-34-36-38-40-42-44-46-48-50-52-54-56-58-64(72)69-61(60-76-68-67(75)66(74)65(73)63(59-70)77-68)62(71)57-55-53-51-49-47-45-43-41-39-37-35-26-24-22-20-18-16-14-12-10-8-6-4-2/h5,7,11,13,17,19,23,25,28-29,31-32,55,57,61-63,65-68,70-71,73-75H,3-4,6,8-10,12,14-16,18,20-22,24,26-27,30,33-54,56,58-60H2,1-2H3,(H,69,72)/b7-5-,13-11-,19-17-,25-23-,29-28-,32-31-,57-55+. The van der Waals surface area contributed by atoms with Crippen molar-refractivity contribution in [3.05, 3.63) is 85.1 Å². The zero-order valence-electron chi connectivity index (χ0n) is 49.7. The van der Waals surface area contributed by atoms with Gasteiger partial charge in [0, 0.05) is 6.42 Å². The molecule has 1 amide bonds. The zero-order chi connectivity index (χ0) is 55.8. The molecular formula is C68H121NO8. The van der Waals surface area contributed by atoms with E-state index in [-0.39, 0.29) is 12.5 Å². The van der Waals surface area contributed by atoms with E-state index in [9.17, 15) is 30.3 Å². The van der Waals surface area contributed by atoms with Crippen LogP contribution < -0.4 is 5.32 Å². The summed E-state index contributed by atoms with van der Waals surface area (Å²) in [5, 5.41) is 54.7. The predicted octanol–water partition coefficient (Wildman–Crippen LogP) is 17.0. The van der Waals surface area contributed by atoms with Crippen LogP contribution in [0.1, 0.15) is 284 Å². The Hall–Kier alpha value is -2.63. The van der Waals surface area contributed by atoms with Crippen LogP contribution in [-0.4, -0.2) is 87.5 Å². The highest BCUT2D eigenvalue weighted by Crippen LogP contribution is 2.23. The van der Waals surface area contributed by atoms with Gasteiger partial charge in [-0.3, -0.25) is 4.79 Å². The van der Waals surface area contributed by atoms with Crippen LogP contribution in [0.15, 0.2) is 85.1 Å². The molecule has 1 aliphatic rings. The van der Waals surface area contributed by atoms with Gasteiger partial charge < -0.3 is 40.3 Å². The molecule has 0 spiro atoms. The lowest BCUT2D eigenvalue weighted by atomic mass is 9.99. The van der Waals surface area contributed by atoms with Crippen molar-refractivity contribution in [3.63, 3.8) is 0 Å². The summed E-state index contributed by atoms with van der Waals surface area (Å²) in [6.07, 6.45) is 73.7. The molecule has 77 heavy (non-hydrogen) atoms. The molecule has 7 unspecified atom stereocenters. The Kier molecular flexibility index (Phi) is 53.2. The summed E-state index contributed by atoms with van der Waals surface area (Å²) in [6.45, 7) is 3.69. The molecule has 0 aromatic heterocycles. The van der Waals surface area contributed by atoms with Crippen LogP contribution in [-0.2, 0) is 14.3 Å². The van der Waals surface area contributed by atoms with E-state index in [1.807, 2.05) is 6.08 Å². The van der Waals surface area contributed by atoms with E-state index in [4.69, 9.17) is 9.47 Å². The van der Waals surface area contributed by atoms with E-state index in [0.29, 0.717) is 6.42 Å². The minimum Gasteiger partial charge on any atom is -0.394 e. The van der Waals surface area contributed by atoms with E-state index in [1.54, 1.807) is 6.08 Å². The quantitative estimate of drug-likeness (QED) is 0.0261. The Morgan fingerprint density at radius 1 is 0.455 bits per heavy atom. The molecule has 1 rings (SSSR count). The number of nitrogens with one attached hydrogen (secondary N) is 1. The highest BCUT2D eigenvalue weighted by atomic mass is 16.7. The normalized spacial score (nSPS) is 19.3. The highest BCUT2D eigenvalue weighted by Gasteiger charge is 2.44. The largest absolute Gasteiger partial charge is 0.394 e. The lowest BCUT2D eigenvalue weighted by Gasteiger charge is -2.40. The second-order valence-electron chi connectivity index (χ2n) is 22.2. The lowest BCUT2D eigenvalue weighted by molar-refractivity contribution is -0.302. The minimum absolute atomic E-state index is 0.179. The van der Waals surface area contributed by atoms with Gasteiger partial charge in [0.05, 0.1) is 25.4 Å². The van der Waals surface area contributed by atoms with Crippen LogP contribution in [0.25, 0.3) is 0 Å². The van der Waals surface area contributed by atoms with E-state index in [0.717, 1.165) is 77.0 Å². The van der Waals surface area contributed by atoms with E-state index >= 15 is 0 Å². The molecule has 446 valence electrons. The highest BCUT2D eigenvalue weighted by molar-refractivity contribution is 5.76. The summed E-state index contributed by atoms with van der Waals surface area (Å²) in [5.74, 6) is -0.179. The van der Waals surface area contributed by atoms with Gasteiger partial charge in [-0.2, -0.15) is 0 Å². The average Bonchev–Trinajstić information content (AvgIpc) is 3.43. The Morgan fingerprint density at radius 3 is 1.19 bits per heavy atom. The van der Waals surface area contributed by atoms with Crippen molar-refractivity contribution in [1.82, 2.24) is 5.32 Å². The number of carbonyl (C=O) groups excluding carboxylic acids is 1. The molecule has 0 aromatic rings. The fourth-order valence-electron chi connectivity index (χ4n) is 9.93. The van der Waals surface area contributed by atoms with Crippen molar-refractivity contribution in [1.29, 1.82) is 0 Å². The summed E-state index contributed by atoms with van der Waals surface area (Å²) < 4.78 is 11.3. The van der Waals surface area contributed by atoms with Crippen molar-refractivity contribution in [2.75, 3.05) is 13.2 Å². The van der Waals surface area contributed by atoms with Gasteiger partial charge in [-0.1, -0.05) is 292 Å². The minimum atomic E-state index is -1.57. The molecule has 1 heterocycles. The Balaban J connectivity index is 2.18. The fraction of sp³-hybridized carbons (Fsp3) is 0.779. The van der Waals surface area contributed by atoms with Crippen LogP contribution in [0.4, 0.5) is 0 Å². The first-order valence-corrected chi connectivity index (χ1v) is 32.3. The Morgan fingerprint density at radius 2 is 0.805 bits per heavy atom. The molecule has 0 radical (unpaired) electrons. The molecule has 9 heteroatoms. The maximum atomic E-state index is 13.1. The number of rotatable bonds is 55. The summed E-state index contributed by atoms with van der Waals surface area (Å²) in [7, 11) is 0. The number of ether oxygens (including phenoxy) is 2. The number of carbonyl (C=O) groups is 1. The first-order valence-electron chi connectivity index (χ1n) is 32.3. The summed E-state index contributed by atoms with van der Waals surface area (Å²) in [6, 6.07) is -0.812. The molecule has 1 fully saturated rings. The molecule has 0 aliphatic carbocycles. The van der Waals surface area contributed by atoms with Gasteiger partial charge in [0.1, 0.15) is 24.4 Å². The fourth-order valence-corrected chi connectivity index (χ4v) is 9.93. The average molecular weight is 1080 g/mol. The molecule has 6 N–H and O–H groups in total. The number of allylic oxidation sites excluding steroid dienone is 13. The Labute approximate surface area is 473 Å². The predicted molar refractivity (Wildman–Crippen MR) is 327 cm³/mol. The molecule has 1 saturated heterocycles. The van der Waals surface area contributed by atoms with Crippen molar-refractivity contribution >= 4 is 5.91 Å². The van der Waals surface area contributed by atoms with Crippen LogP contribution in [0.2, 0.25) is 0 Å². The SMILES string of the molecule is CC/C=C\C/C=C\C/C=C\C/C=C\C/C=C\C/C=C\CCCCCCCCCCCCCCC(=O)NC(COC1OC(CO)C(O)C(O)C1O)C(O)/C=C/CCCCCCCCCCCCCCCCCCCCCCC. The van der Waals surface area contributed by atoms with Crippen molar-refractivity contribution < 1.29 is 39.8 Å². The van der Waals surface area contributed by atoms with Gasteiger partial charge in [0.15, 0.2) is 6.29 Å². The van der Waals surface area contributed by atoms with E-state index in [1.165, 1.54) is 186 Å². The van der Waals surface area contributed by atoms with Gasteiger partial charge in [-0.15, -0.1) is 0 Å². The van der Waals surface area contributed by atoms with Gasteiger partial charge in [-0.05, 0) is 70.6 Å². The third-order valence-electron chi connectivity index (χ3n) is 15.0. The summed E-state index contributed by atoms with van der Waals surface area (Å²) in [5.41, 5.74) is 0. The molecule has 0 bridgehead atoms. The first-order chi connectivity index (χ1) is 37.8. The van der Waals surface area contributed by atoms with Crippen LogP contribution in [0, 0.1) is 0 Å². The third kappa shape index (κ3) is 45.8. The van der Waals surface area contributed by atoms with Crippen molar-refractivity contribution in [3.8, 4) is 0 Å². The number of hydrogen-bond acceptors (Lipinski definition) is 8.